The number of hydrogen-bond donors (Lipinski definition) is 0. The van der Waals surface area contributed by atoms with Crippen LogP contribution in [0.3, 0.4) is 0 Å². The Hall–Kier alpha value is -7.00. The van der Waals surface area contributed by atoms with Crippen LogP contribution in [0.25, 0.3) is 75.8 Å². The van der Waals surface area contributed by atoms with E-state index in [0.717, 1.165) is 17.1 Å². The fraction of sp³-hybridized carbons (Fsp3) is 0.0526. The molecule has 1 aromatic heterocycles. The van der Waals surface area contributed by atoms with Crippen LogP contribution in [0.4, 0.5) is 17.1 Å². The van der Waals surface area contributed by atoms with Gasteiger partial charge in [-0.05, 0) is 86.0 Å². The topological polar surface area (TPSA) is 3.24 Å². The first-order valence-corrected chi connectivity index (χ1v) is 21.3. The Morgan fingerprint density at radius 3 is 1.69 bits per heavy atom. The van der Waals surface area contributed by atoms with Crippen molar-refractivity contribution in [3.63, 3.8) is 0 Å². The van der Waals surface area contributed by atoms with E-state index in [1.165, 1.54) is 86.9 Å². The first kappa shape index (κ1) is 35.2. The van der Waals surface area contributed by atoms with Crippen LogP contribution in [0.2, 0.25) is 0 Å². The van der Waals surface area contributed by atoms with Gasteiger partial charge < -0.3 is 4.90 Å². The van der Waals surface area contributed by atoms with Gasteiger partial charge in [0.15, 0.2) is 0 Å². The van der Waals surface area contributed by atoms with Crippen molar-refractivity contribution in [3.05, 3.63) is 223 Å². The van der Waals surface area contributed by atoms with E-state index in [4.69, 9.17) is 0 Å². The normalized spacial score (nSPS) is 12.7. The lowest BCUT2D eigenvalue weighted by Gasteiger charge is -2.32. The van der Waals surface area contributed by atoms with E-state index in [9.17, 15) is 0 Å². The average molecular weight is 772 g/mol. The third-order valence-electron chi connectivity index (χ3n) is 12.3. The van der Waals surface area contributed by atoms with Gasteiger partial charge in [-0.2, -0.15) is 0 Å². The molecule has 0 saturated heterocycles. The Kier molecular flexibility index (Phi) is 8.43. The van der Waals surface area contributed by atoms with E-state index in [0.29, 0.717) is 0 Å². The van der Waals surface area contributed by atoms with Gasteiger partial charge in [-0.25, -0.2) is 0 Å². The van der Waals surface area contributed by atoms with Crippen molar-refractivity contribution in [1.82, 2.24) is 0 Å². The lowest BCUT2D eigenvalue weighted by Crippen LogP contribution is -2.15. The van der Waals surface area contributed by atoms with Crippen LogP contribution in [0.15, 0.2) is 212 Å². The van der Waals surface area contributed by atoms with E-state index in [1.807, 2.05) is 11.3 Å². The smallest absolute Gasteiger partial charge is 0.0640 e. The Labute approximate surface area is 350 Å². The number of para-hydroxylation sites is 1. The molecular formula is C57H41NS. The zero-order valence-corrected chi connectivity index (χ0v) is 33.9. The van der Waals surface area contributed by atoms with Gasteiger partial charge in [0.1, 0.15) is 0 Å². The molecule has 0 fully saturated rings. The molecule has 0 atom stereocenters. The lowest BCUT2D eigenvalue weighted by atomic mass is 9.81. The first-order chi connectivity index (χ1) is 29.1. The molecule has 0 unspecified atom stereocenters. The highest BCUT2D eigenvalue weighted by atomic mass is 32.1. The molecule has 2 heteroatoms. The molecule has 1 heterocycles. The van der Waals surface area contributed by atoms with E-state index in [-0.39, 0.29) is 5.41 Å². The Bertz CT molecular complexity index is 3190. The van der Waals surface area contributed by atoms with Crippen molar-refractivity contribution in [2.24, 2.45) is 0 Å². The molecule has 0 spiro atoms. The summed E-state index contributed by atoms with van der Waals surface area (Å²) in [5.74, 6) is 0. The Balaban J connectivity index is 1.23. The van der Waals surface area contributed by atoms with Gasteiger partial charge in [0, 0.05) is 32.0 Å². The molecule has 280 valence electrons. The second-order valence-corrected chi connectivity index (χ2v) is 17.1. The lowest BCUT2D eigenvalue weighted by molar-refractivity contribution is 0.660. The summed E-state index contributed by atoms with van der Waals surface area (Å²) in [6.07, 6.45) is 0. The predicted molar refractivity (Wildman–Crippen MR) is 253 cm³/mol. The van der Waals surface area contributed by atoms with Crippen LogP contribution >= 0.6 is 11.3 Å². The highest BCUT2D eigenvalue weighted by Gasteiger charge is 2.35. The van der Waals surface area contributed by atoms with Gasteiger partial charge in [0.2, 0.25) is 0 Å². The van der Waals surface area contributed by atoms with Crippen LogP contribution in [0.5, 0.6) is 0 Å². The van der Waals surface area contributed by atoms with Gasteiger partial charge in [-0.1, -0.05) is 196 Å². The van der Waals surface area contributed by atoms with Crippen molar-refractivity contribution in [2.45, 2.75) is 19.3 Å². The molecular weight excluding hydrogens is 731 g/mol. The maximum Gasteiger partial charge on any atom is 0.0640 e. The van der Waals surface area contributed by atoms with Gasteiger partial charge in [-0.3, -0.25) is 0 Å². The molecule has 0 aliphatic heterocycles. The molecule has 59 heavy (non-hydrogen) atoms. The number of anilines is 3. The highest BCUT2D eigenvalue weighted by Crippen LogP contribution is 2.54. The minimum atomic E-state index is -0.114. The Morgan fingerprint density at radius 2 is 0.898 bits per heavy atom. The average Bonchev–Trinajstić information content (AvgIpc) is 3.79. The molecule has 11 rings (SSSR count). The minimum Gasteiger partial charge on any atom is -0.308 e. The van der Waals surface area contributed by atoms with Crippen molar-refractivity contribution < 1.29 is 0 Å². The van der Waals surface area contributed by atoms with Crippen LogP contribution in [0.1, 0.15) is 25.0 Å². The third-order valence-corrected chi connectivity index (χ3v) is 13.5. The second kappa shape index (κ2) is 14.1. The molecule has 0 radical (unpaired) electrons. The van der Waals surface area contributed by atoms with Crippen LogP contribution < -0.4 is 4.90 Å². The molecule has 1 aliphatic rings. The summed E-state index contributed by atoms with van der Waals surface area (Å²) >= 11 is 1.88. The molecule has 0 amide bonds. The van der Waals surface area contributed by atoms with E-state index < -0.39 is 0 Å². The van der Waals surface area contributed by atoms with Gasteiger partial charge in [-0.15, -0.1) is 11.3 Å². The summed E-state index contributed by atoms with van der Waals surface area (Å²) in [6.45, 7) is 4.74. The van der Waals surface area contributed by atoms with Gasteiger partial charge >= 0.3 is 0 Å². The van der Waals surface area contributed by atoms with Crippen molar-refractivity contribution in [1.29, 1.82) is 0 Å². The predicted octanol–water partition coefficient (Wildman–Crippen LogP) is 16.5. The van der Waals surface area contributed by atoms with E-state index >= 15 is 0 Å². The number of nitrogens with zero attached hydrogens (tertiary/aromatic N) is 1. The van der Waals surface area contributed by atoms with Crippen LogP contribution in [-0.2, 0) is 5.41 Å². The maximum absolute atomic E-state index is 2.56. The minimum absolute atomic E-state index is 0.114. The molecule has 0 saturated carbocycles. The quantitative estimate of drug-likeness (QED) is 0.156. The summed E-state index contributed by atoms with van der Waals surface area (Å²) in [5, 5.41) is 2.56. The molecule has 10 aromatic rings. The standard InChI is InChI=1S/C57H41NS/c1-57(2)49-30-14-11-25-44(49)45-36-35-40(37-50(45)57)42-24-12-15-31-51(42)58(53-33-18-29-48-46-26-13-16-34-54(46)59-56(48)53)52-32-17-28-43(39-21-7-4-8-22-39)55(52)47-27-10-9-23-41(47)38-19-5-3-6-20-38/h3-37H,1-2H3. The Morgan fingerprint density at radius 1 is 0.356 bits per heavy atom. The van der Waals surface area contributed by atoms with Crippen molar-refractivity contribution in [2.75, 3.05) is 4.90 Å². The third kappa shape index (κ3) is 5.74. The van der Waals surface area contributed by atoms with Crippen molar-refractivity contribution in [3.8, 4) is 55.6 Å². The number of hydrogen-bond acceptors (Lipinski definition) is 2. The number of rotatable bonds is 7. The molecule has 0 N–H and O–H groups in total. The summed E-state index contributed by atoms with van der Waals surface area (Å²) in [7, 11) is 0. The molecule has 1 aliphatic carbocycles. The number of fused-ring (bicyclic) bond motifs is 6. The largest absolute Gasteiger partial charge is 0.308 e. The van der Waals surface area contributed by atoms with E-state index in [2.05, 4.69) is 231 Å². The molecule has 1 nitrogen and oxygen atoms in total. The monoisotopic (exact) mass is 771 g/mol. The summed E-state index contributed by atoms with van der Waals surface area (Å²) < 4.78 is 2.55. The fourth-order valence-corrected chi connectivity index (χ4v) is 10.7. The first-order valence-electron chi connectivity index (χ1n) is 20.4. The summed E-state index contributed by atoms with van der Waals surface area (Å²) in [4.78, 5) is 2.56. The highest BCUT2D eigenvalue weighted by molar-refractivity contribution is 7.26. The molecule has 0 bridgehead atoms. The van der Waals surface area contributed by atoms with Crippen molar-refractivity contribution >= 4 is 48.6 Å². The molecule has 9 aromatic carbocycles. The summed E-state index contributed by atoms with van der Waals surface area (Å²) in [5.41, 5.74) is 18.3. The fourth-order valence-electron chi connectivity index (χ4n) is 9.52. The van der Waals surface area contributed by atoms with Crippen LogP contribution in [0, 0.1) is 0 Å². The zero-order chi connectivity index (χ0) is 39.5. The van der Waals surface area contributed by atoms with Gasteiger partial charge in [0.05, 0.1) is 21.8 Å². The number of thiophene rings is 1. The maximum atomic E-state index is 2.56. The van der Waals surface area contributed by atoms with Crippen LogP contribution in [-0.4, -0.2) is 0 Å². The zero-order valence-electron chi connectivity index (χ0n) is 33.1. The van der Waals surface area contributed by atoms with E-state index in [1.54, 1.807) is 0 Å². The summed E-state index contributed by atoms with van der Waals surface area (Å²) in [6, 6.07) is 78.2. The second-order valence-electron chi connectivity index (χ2n) is 16.0. The number of benzene rings is 9. The SMILES string of the molecule is CC1(C)c2ccccc2-c2ccc(-c3ccccc3N(c3cccc(-c4ccccc4)c3-c3ccccc3-c3ccccc3)c3cccc4c3sc3ccccc34)cc21. The van der Waals surface area contributed by atoms with Gasteiger partial charge in [0.25, 0.3) is 0 Å².